The maximum absolute atomic E-state index is 6.61. The first-order valence-electron chi connectivity index (χ1n) is 17.3. The number of rotatable bonds is 6. The second-order valence-electron chi connectivity index (χ2n) is 12.8. The molecule has 3 heteroatoms. The first-order chi connectivity index (χ1) is 25.3. The van der Waals surface area contributed by atoms with E-state index in [4.69, 9.17) is 4.42 Å². The highest BCUT2D eigenvalue weighted by atomic mass is 32.1. The summed E-state index contributed by atoms with van der Waals surface area (Å²) in [6.45, 7) is 0. The second kappa shape index (κ2) is 12.2. The Morgan fingerprint density at radius 1 is 0.412 bits per heavy atom. The van der Waals surface area contributed by atoms with Crippen LogP contribution >= 0.6 is 11.3 Å². The minimum absolute atomic E-state index is 0.897. The molecule has 0 aliphatic rings. The number of benzene rings is 8. The van der Waals surface area contributed by atoms with Crippen LogP contribution in [-0.2, 0) is 0 Å². The van der Waals surface area contributed by atoms with Crippen molar-refractivity contribution in [2.75, 3.05) is 4.90 Å². The zero-order valence-corrected chi connectivity index (χ0v) is 28.5. The molecule has 0 N–H and O–H groups in total. The number of thiophene rings is 1. The molecule has 51 heavy (non-hydrogen) atoms. The fourth-order valence-electron chi connectivity index (χ4n) is 7.65. The third-order valence-electron chi connectivity index (χ3n) is 9.87. The third-order valence-corrected chi connectivity index (χ3v) is 11.0. The van der Waals surface area contributed by atoms with Gasteiger partial charge in [-0.15, -0.1) is 11.3 Å². The first kappa shape index (κ1) is 29.5. The molecule has 0 amide bonds. The first-order valence-corrected chi connectivity index (χ1v) is 18.1. The molecule has 240 valence electrons. The standard InChI is InChI=1S/C48H31NOS/c1-3-15-32(16-4-1)46-38(40-26-12-25-39-37-21-7-9-28-43(37)50-48(39)40)24-13-27-42(46)49(34-18-5-2-6-19-34)35-20-11-17-33(31-35)36-23-14-30-45-47(36)41-22-8-10-29-44(41)51-45/h1-31H. The predicted molar refractivity (Wildman–Crippen MR) is 218 cm³/mol. The molecular weight excluding hydrogens is 639 g/mol. The monoisotopic (exact) mass is 669 g/mol. The van der Waals surface area contributed by atoms with E-state index < -0.39 is 0 Å². The molecule has 2 heterocycles. The SMILES string of the molecule is c1ccc(-c2c(-c3cccc4c3oc3ccccc34)cccc2N(c2ccccc2)c2cccc(-c3cccc4sc5ccccc5c34)c2)cc1. The van der Waals surface area contributed by atoms with Crippen LogP contribution in [0.25, 0.3) is 75.5 Å². The van der Waals surface area contributed by atoms with E-state index in [0.29, 0.717) is 0 Å². The van der Waals surface area contributed by atoms with Gasteiger partial charge in [-0.2, -0.15) is 0 Å². The van der Waals surface area contributed by atoms with Crippen molar-refractivity contribution in [2.45, 2.75) is 0 Å². The van der Waals surface area contributed by atoms with E-state index in [0.717, 1.165) is 61.3 Å². The summed E-state index contributed by atoms with van der Waals surface area (Å²) in [5.41, 5.74) is 12.0. The molecule has 0 radical (unpaired) electrons. The number of hydrogen-bond acceptors (Lipinski definition) is 3. The Balaban J connectivity index is 1.23. The van der Waals surface area contributed by atoms with E-state index in [1.54, 1.807) is 0 Å². The van der Waals surface area contributed by atoms with Gasteiger partial charge in [0, 0.05) is 53.4 Å². The second-order valence-corrected chi connectivity index (χ2v) is 13.9. The lowest BCUT2D eigenvalue weighted by atomic mass is 9.91. The Labute approximate surface area is 300 Å². The molecule has 0 atom stereocenters. The van der Waals surface area contributed by atoms with Gasteiger partial charge in [0.25, 0.3) is 0 Å². The summed E-state index contributed by atoms with van der Waals surface area (Å²) in [5, 5.41) is 4.86. The van der Waals surface area contributed by atoms with Crippen molar-refractivity contribution in [3.05, 3.63) is 188 Å². The maximum Gasteiger partial charge on any atom is 0.143 e. The van der Waals surface area contributed by atoms with Gasteiger partial charge < -0.3 is 9.32 Å². The van der Waals surface area contributed by atoms with E-state index in [1.165, 1.54) is 31.3 Å². The normalized spacial score (nSPS) is 11.5. The minimum Gasteiger partial charge on any atom is -0.455 e. The van der Waals surface area contributed by atoms with Crippen molar-refractivity contribution in [3.63, 3.8) is 0 Å². The Morgan fingerprint density at radius 2 is 1.02 bits per heavy atom. The number of fused-ring (bicyclic) bond motifs is 6. The van der Waals surface area contributed by atoms with Crippen LogP contribution in [0.2, 0.25) is 0 Å². The number of furan rings is 1. The van der Waals surface area contributed by atoms with Crippen LogP contribution in [0.5, 0.6) is 0 Å². The minimum atomic E-state index is 0.897. The highest BCUT2D eigenvalue weighted by Gasteiger charge is 2.23. The molecule has 0 bridgehead atoms. The van der Waals surface area contributed by atoms with Crippen LogP contribution in [0.15, 0.2) is 192 Å². The predicted octanol–water partition coefficient (Wildman–Crippen LogP) is 14.4. The number of hydrogen-bond donors (Lipinski definition) is 0. The van der Waals surface area contributed by atoms with Gasteiger partial charge in [-0.25, -0.2) is 0 Å². The highest BCUT2D eigenvalue weighted by Crippen LogP contribution is 2.48. The van der Waals surface area contributed by atoms with Crippen molar-refractivity contribution in [3.8, 4) is 33.4 Å². The van der Waals surface area contributed by atoms with Gasteiger partial charge in [0.05, 0.1) is 5.69 Å². The summed E-state index contributed by atoms with van der Waals surface area (Å²) in [4.78, 5) is 2.40. The Morgan fingerprint density at radius 3 is 1.90 bits per heavy atom. The summed E-state index contributed by atoms with van der Waals surface area (Å²) >= 11 is 1.86. The summed E-state index contributed by atoms with van der Waals surface area (Å²) in [5.74, 6) is 0. The zero-order chi connectivity index (χ0) is 33.7. The van der Waals surface area contributed by atoms with Crippen molar-refractivity contribution in [2.24, 2.45) is 0 Å². The molecule has 10 aromatic rings. The van der Waals surface area contributed by atoms with Gasteiger partial charge in [0.1, 0.15) is 11.2 Å². The van der Waals surface area contributed by atoms with Crippen LogP contribution < -0.4 is 4.90 Å². The molecule has 2 aromatic heterocycles. The lowest BCUT2D eigenvalue weighted by molar-refractivity contribution is 0.670. The van der Waals surface area contributed by atoms with Crippen molar-refractivity contribution < 1.29 is 4.42 Å². The summed E-state index contributed by atoms with van der Waals surface area (Å²) in [6.07, 6.45) is 0. The Hall–Kier alpha value is -6.42. The molecule has 0 saturated carbocycles. The number of para-hydroxylation sites is 3. The summed E-state index contributed by atoms with van der Waals surface area (Å²) in [7, 11) is 0. The van der Waals surface area contributed by atoms with E-state index in [1.807, 2.05) is 17.4 Å². The lowest BCUT2D eigenvalue weighted by Crippen LogP contribution is -2.11. The van der Waals surface area contributed by atoms with Crippen molar-refractivity contribution in [1.82, 2.24) is 0 Å². The van der Waals surface area contributed by atoms with Crippen LogP contribution in [0, 0.1) is 0 Å². The zero-order valence-electron chi connectivity index (χ0n) is 27.7. The van der Waals surface area contributed by atoms with Crippen LogP contribution in [0.3, 0.4) is 0 Å². The topological polar surface area (TPSA) is 16.4 Å². The maximum atomic E-state index is 6.61. The molecule has 2 nitrogen and oxygen atoms in total. The van der Waals surface area contributed by atoms with Crippen molar-refractivity contribution in [1.29, 1.82) is 0 Å². The quantitative estimate of drug-likeness (QED) is 0.175. The van der Waals surface area contributed by atoms with Gasteiger partial charge in [0.2, 0.25) is 0 Å². The van der Waals surface area contributed by atoms with Crippen molar-refractivity contribution >= 4 is 70.5 Å². The Kier molecular flexibility index (Phi) is 7.04. The molecule has 0 saturated heterocycles. The molecule has 0 fully saturated rings. The Bertz CT molecular complexity index is 2870. The largest absolute Gasteiger partial charge is 0.455 e. The van der Waals surface area contributed by atoms with Gasteiger partial charge in [-0.05, 0) is 70.8 Å². The molecular formula is C48H31NOS. The fraction of sp³-hybridized carbons (Fsp3) is 0. The smallest absolute Gasteiger partial charge is 0.143 e. The van der Waals surface area contributed by atoms with Gasteiger partial charge >= 0.3 is 0 Å². The van der Waals surface area contributed by atoms with Gasteiger partial charge in [0.15, 0.2) is 0 Å². The fourth-order valence-corrected chi connectivity index (χ4v) is 8.78. The molecule has 0 unspecified atom stereocenters. The third kappa shape index (κ3) is 4.93. The van der Waals surface area contributed by atoms with E-state index >= 15 is 0 Å². The number of anilines is 3. The van der Waals surface area contributed by atoms with Crippen LogP contribution in [0.1, 0.15) is 0 Å². The number of nitrogens with zero attached hydrogens (tertiary/aromatic N) is 1. The summed E-state index contributed by atoms with van der Waals surface area (Å²) < 4.78 is 9.22. The molecule has 10 rings (SSSR count). The summed E-state index contributed by atoms with van der Waals surface area (Å²) in [6, 6.07) is 67.3. The van der Waals surface area contributed by atoms with Gasteiger partial charge in [-0.1, -0.05) is 140 Å². The molecule has 0 spiro atoms. The molecule has 8 aromatic carbocycles. The van der Waals surface area contributed by atoms with Crippen LogP contribution in [-0.4, -0.2) is 0 Å². The average molecular weight is 670 g/mol. The average Bonchev–Trinajstić information content (AvgIpc) is 3.78. The molecule has 0 aliphatic carbocycles. The van der Waals surface area contributed by atoms with Gasteiger partial charge in [-0.3, -0.25) is 0 Å². The molecule has 0 aliphatic heterocycles. The highest BCUT2D eigenvalue weighted by molar-refractivity contribution is 7.25. The van der Waals surface area contributed by atoms with E-state index in [9.17, 15) is 0 Å². The van der Waals surface area contributed by atoms with E-state index in [-0.39, 0.29) is 0 Å². The van der Waals surface area contributed by atoms with E-state index in [2.05, 4.69) is 187 Å². The lowest BCUT2D eigenvalue weighted by Gasteiger charge is -2.29. The van der Waals surface area contributed by atoms with Crippen LogP contribution in [0.4, 0.5) is 17.1 Å².